The van der Waals surface area contributed by atoms with Crippen molar-refractivity contribution in [2.45, 2.75) is 0 Å². The Bertz CT molecular complexity index is 1090. The van der Waals surface area contributed by atoms with E-state index in [9.17, 15) is 4.39 Å². The molecular weight excluding hydrogens is 373 g/mol. The monoisotopic (exact) mass is 391 g/mol. The lowest BCUT2D eigenvalue weighted by molar-refractivity contribution is 0.628. The first-order valence-corrected chi connectivity index (χ1v) is 10.0. The number of nitrogens with zero attached hydrogens (tertiary/aromatic N) is 5. The number of hydrogen-bond acceptors (Lipinski definition) is 6. The van der Waals surface area contributed by atoms with Crippen LogP contribution in [-0.2, 0) is 0 Å². The van der Waals surface area contributed by atoms with E-state index >= 15 is 0 Å². The van der Waals surface area contributed by atoms with Gasteiger partial charge in [0.2, 0.25) is 0 Å². The summed E-state index contributed by atoms with van der Waals surface area (Å²) in [5, 5.41) is 0. The summed E-state index contributed by atoms with van der Waals surface area (Å²) >= 11 is 1.66. The summed E-state index contributed by atoms with van der Waals surface area (Å²) in [7, 11) is 0. The zero-order valence-electron chi connectivity index (χ0n) is 15.1. The van der Waals surface area contributed by atoms with Crippen molar-refractivity contribution in [1.29, 1.82) is 0 Å². The fraction of sp³-hybridized carbons (Fsp3) is 0.190. The molecule has 0 saturated carbocycles. The molecule has 1 fully saturated rings. The highest BCUT2D eigenvalue weighted by molar-refractivity contribution is 7.22. The fourth-order valence-electron chi connectivity index (χ4n) is 3.51. The minimum Gasteiger partial charge on any atom is -0.353 e. The number of piperazine rings is 1. The van der Waals surface area contributed by atoms with Gasteiger partial charge in [-0.15, -0.1) is 11.3 Å². The van der Waals surface area contributed by atoms with Crippen LogP contribution in [0.5, 0.6) is 0 Å². The van der Waals surface area contributed by atoms with E-state index in [0.29, 0.717) is 0 Å². The highest BCUT2D eigenvalue weighted by atomic mass is 32.1. The molecule has 4 heterocycles. The number of benzene rings is 1. The molecule has 1 aromatic carbocycles. The summed E-state index contributed by atoms with van der Waals surface area (Å²) in [6.45, 7) is 3.57. The van der Waals surface area contributed by atoms with Crippen LogP contribution < -0.4 is 9.80 Å². The van der Waals surface area contributed by atoms with Gasteiger partial charge in [0.25, 0.3) is 0 Å². The van der Waals surface area contributed by atoms with E-state index in [1.54, 1.807) is 29.8 Å². The molecule has 0 spiro atoms. The number of anilines is 2. The van der Waals surface area contributed by atoms with E-state index in [-0.39, 0.29) is 5.82 Å². The molecule has 1 saturated heterocycles. The van der Waals surface area contributed by atoms with Crippen LogP contribution in [0.25, 0.3) is 20.7 Å². The zero-order valence-corrected chi connectivity index (χ0v) is 15.9. The number of fused-ring (bicyclic) bond motifs is 1. The highest BCUT2D eigenvalue weighted by Crippen LogP contribution is 2.37. The summed E-state index contributed by atoms with van der Waals surface area (Å²) in [4.78, 5) is 19.2. The molecule has 0 bridgehead atoms. The Balaban J connectivity index is 1.41. The molecule has 3 aromatic heterocycles. The largest absolute Gasteiger partial charge is 0.353 e. The minimum atomic E-state index is -0.226. The first-order valence-electron chi connectivity index (χ1n) is 9.19. The molecule has 5 rings (SSSR count). The van der Waals surface area contributed by atoms with Crippen LogP contribution in [0, 0.1) is 5.82 Å². The molecule has 5 nitrogen and oxygen atoms in total. The smallest absolute Gasteiger partial charge is 0.150 e. The molecule has 0 aliphatic carbocycles. The number of hydrogen-bond donors (Lipinski definition) is 0. The van der Waals surface area contributed by atoms with Gasteiger partial charge in [0.05, 0.1) is 10.2 Å². The molecular formula is C21H18FN5S. The molecule has 7 heteroatoms. The van der Waals surface area contributed by atoms with Crippen LogP contribution in [0.15, 0.2) is 61.1 Å². The van der Waals surface area contributed by atoms with Gasteiger partial charge in [-0.2, -0.15) is 0 Å². The van der Waals surface area contributed by atoms with Crippen molar-refractivity contribution in [1.82, 2.24) is 15.0 Å². The van der Waals surface area contributed by atoms with Gasteiger partial charge in [0, 0.05) is 37.3 Å². The molecule has 28 heavy (non-hydrogen) atoms. The van der Waals surface area contributed by atoms with Crippen LogP contribution in [0.4, 0.5) is 16.0 Å². The molecule has 0 radical (unpaired) electrons. The lowest BCUT2D eigenvalue weighted by atomic mass is 10.2. The molecule has 1 aliphatic rings. The molecule has 0 N–H and O–H groups in total. The minimum absolute atomic E-state index is 0.226. The fourth-order valence-corrected chi connectivity index (χ4v) is 4.65. The average molecular weight is 391 g/mol. The van der Waals surface area contributed by atoms with Gasteiger partial charge in [-0.3, -0.25) is 0 Å². The first-order chi connectivity index (χ1) is 13.8. The number of halogens is 1. The van der Waals surface area contributed by atoms with Crippen molar-refractivity contribution in [3.05, 3.63) is 66.9 Å². The zero-order chi connectivity index (χ0) is 18.9. The average Bonchev–Trinajstić information content (AvgIpc) is 3.19. The van der Waals surface area contributed by atoms with Crippen molar-refractivity contribution in [2.24, 2.45) is 0 Å². The Morgan fingerprint density at radius 2 is 1.64 bits per heavy atom. The van der Waals surface area contributed by atoms with Gasteiger partial charge >= 0.3 is 0 Å². The van der Waals surface area contributed by atoms with Crippen LogP contribution in [0.3, 0.4) is 0 Å². The summed E-state index contributed by atoms with van der Waals surface area (Å²) in [5.41, 5.74) is 1.93. The summed E-state index contributed by atoms with van der Waals surface area (Å²) < 4.78 is 14.3. The summed E-state index contributed by atoms with van der Waals surface area (Å²) in [5.74, 6) is 1.77. The Morgan fingerprint density at radius 1 is 0.857 bits per heavy atom. The quantitative estimate of drug-likeness (QED) is 0.523. The lowest BCUT2D eigenvalue weighted by Gasteiger charge is -2.36. The van der Waals surface area contributed by atoms with Gasteiger partial charge in [0.15, 0.2) is 0 Å². The second-order valence-corrected chi connectivity index (χ2v) is 7.74. The van der Waals surface area contributed by atoms with Crippen molar-refractivity contribution in [3.8, 4) is 10.4 Å². The van der Waals surface area contributed by atoms with Crippen molar-refractivity contribution in [2.75, 3.05) is 36.0 Å². The van der Waals surface area contributed by atoms with E-state index < -0.39 is 0 Å². The predicted molar refractivity (Wildman–Crippen MR) is 111 cm³/mol. The Hall–Kier alpha value is -3.06. The van der Waals surface area contributed by atoms with Gasteiger partial charge in [-0.25, -0.2) is 19.3 Å². The molecule has 1 aliphatic heterocycles. The molecule has 140 valence electrons. The van der Waals surface area contributed by atoms with Crippen LogP contribution in [-0.4, -0.2) is 41.1 Å². The third-order valence-electron chi connectivity index (χ3n) is 4.97. The first kappa shape index (κ1) is 17.1. The van der Waals surface area contributed by atoms with Crippen molar-refractivity contribution in [3.63, 3.8) is 0 Å². The van der Waals surface area contributed by atoms with Gasteiger partial charge < -0.3 is 9.80 Å². The third-order valence-corrected chi connectivity index (χ3v) is 6.14. The number of thiophene rings is 1. The van der Waals surface area contributed by atoms with Crippen LogP contribution in [0.1, 0.15) is 0 Å². The molecule has 4 aromatic rings. The van der Waals surface area contributed by atoms with Gasteiger partial charge in [-0.05, 0) is 35.9 Å². The SMILES string of the molecule is Fc1ccc(-c2cc3ncnc(N4CCN(c5ccccn5)CC4)c3s2)cc1. The number of aromatic nitrogens is 3. The third kappa shape index (κ3) is 3.18. The van der Waals surface area contributed by atoms with E-state index in [2.05, 4.69) is 30.8 Å². The Labute approximate surface area is 166 Å². The standard InChI is InChI=1S/C21H18FN5S/c22-16-6-4-15(5-7-16)18-13-17-20(28-18)21(25-14-24-17)27-11-9-26(10-12-27)19-3-1-2-8-23-19/h1-8,13-14H,9-12H2. The molecule has 0 atom stereocenters. The topological polar surface area (TPSA) is 45.2 Å². The van der Waals surface area contributed by atoms with Crippen molar-refractivity contribution >= 4 is 33.2 Å². The van der Waals surface area contributed by atoms with Crippen molar-refractivity contribution < 1.29 is 4.39 Å². The number of pyridine rings is 1. The second-order valence-electron chi connectivity index (χ2n) is 6.69. The maximum absolute atomic E-state index is 13.2. The van der Waals surface area contributed by atoms with Crippen LogP contribution >= 0.6 is 11.3 Å². The van der Waals surface area contributed by atoms with Gasteiger partial charge in [0.1, 0.15) is 23.8 Å². The predicted octanol–water partition coefficient (Wildman–Crippen LogP) is 4.22. The summed E-state index contributed by atoms with van der Waals surface area (Å²) in [6.07, 6.45) is 3.46. The normalized spacial score (nSPS) is 14.6. The number of rotatable bonds is 3. The van der Waals surface area contributed by atoms with E-state index in [1.807, 2.05) is 24.4 Å². The Morgan fingerprint density at radius 3 is 2.39 bits per heavy atom. The lowest BCUT2D eigenvalue weighted by Crippen LogP contribution is -2.47. The van der Waals surface area contributed by atoms with E-state index in [1.165, 1.54) is 12.1 Å². The van der Waals surface area contributed by atoms with E-state index in [4.69, 9.17) is 0 Å². The van der Waals surface area contributed by atoms with Gasteiger partial charge in [-0.1, -0.05) is 18.2 Å². The highest BCUT2D eigenvalue weighted by Gasteiger charge is 2.22. The van der Waals surface area contributed by atoms with E-state index in [0.717, 1.165) is 58.5 Å². The maximum atomic E-state index is 13.2. The molecule has 0 amide bonds. The van der Waals surface area contributed by atoms with Crippen LogP contribution in [0.2, 0.25) is 0 Å². The summed E-state index contributed by atoms with van der Waals surface area (Å²) in [6, 6.07) is 14.7. The molecule has 0 unspecified atom stereocenters. The Kier molecular flexibility index (Phi) is 4.37. The maximum Gasteiger partial charge on any atom is 0.150 e. The second kappa shape index (κ2) is 7.16.